The van der Waals surface area contributed by atoms with E-state index in [0.29, 0.717) is 13.2 Å². The van der Waals surface area contributed by atoms with Gasteiger partial charge in [0.15, 0.2) is 5.78 Å². The minimum Gasteiger partial charge on any atom is -0.378 e. The molecule has 0 fully saturated rings. The first-order valence-electron chi connectivity index (χ1n) is 8.47. The van der Waals surface area contributed by atoms with E-state index >= 15 is 0 Å². The van der Waals surface area contributed by atoms with Gasteiger partial charge in [0.25, 0.3) is 0 Å². The third kappa shape index (κ3) is 5.08. The van der Waals surface area contributed by atoms with Crippen molar-refractivity contribution in [1.29, 1.82) is 0 Å². The average molecular weight is 362 g/mol. The molecule has 0 spiro atoms. The van der Waals surface area contributed by atoms with Crippen LogP contribution >= 0.6 is 7.60 Å². The zero-order valence-electron chi connectivity index (χ0n) is 15.3. The molecule has 0 saturated heterocycles. The SMILES string of the molecule is CCOP(=O)(OCC)C(Nc1ccccc1)c1ccc(N(C)C)cc1. The molecule has 5 nitrogen and oxygen atoms in total. The van der Waals surface area contributed by atoms with Crippen LogP contribution in [0.25, 0.3) is 0 Å². The predicted octanol–water partition coefficient (Wildman–Crippen LogP) is 5.13. The molecule has 2 rings (SSSR count). The average Bonchev–Trinajstić information content (AvgIpc) is 2.61. The first-order chi connectivity index (χ1) is 12.0. The molecule has 0 saturated carbocycles. The summed E-state index contributed by atoms with van der Waals surface area (Å²) >= 11 is 0. The molecule has 1 N–H and O–H groups in total. The lowest BCUT2D eigenvalue weighted by Crippen LogP contribution is -2.16. The van der Waals surface area contributed by atoms with Crippen molar-refractivity contribution in [2.24, 2.45) is 0 Å². The molecule has 0 bridgehead atoms. The highest BCUT2D eigenvalue weighted by molar-refractivity contribution is 7.54. The monoisotopic (exact) mass is 362 g/mol. The van der Waals surface area contributed by atoms with E-state index in [1.807, 2.05) is 87.4 Å². The zero-order valence-corrected chi connectivity index (χ0v) is 16.2. The van der Waals surface area contributed by atoms with Crippen LogP contribution in [-0.4, -0.2) is 27.3 Å². The van der Waals surface area contributed by atoms with E-state index in [1.165, 1.54) is 0 Å². The fourth-order valence-electron chi connectivity index (χ4n) is 2.54. The lowest BCUT2D eigenvalue weighted by molar-refractivity contribution is 0.214. The van der Waals surface area contributed by atoms with Crippen LogP contribution in [0.2, 0.25) is 0 Å². The Hall–Kier alpha value is -1.81. The smallest absolute Gasteiger partial charge is 0.357 e. The molecule has 25 heavy (non-hydrogen) atoms. The molecule has 1 unspecified atom stereocenters. The first-order valence-corrected chi connectivity index (χ1v) is 10.1. The van der Waals surface area contributed by atoms with Gasteiger partial charge in [-0.1, -0.05) is 30.3 Å². The fourth-order valence-corrected chi connectivity index (χ4v) is 4.48. The Labute approximate surface area is 150 Å². The molecule has 0 amide bonds. The Morgan fingerprint density at radius 1 is 0.960 bits per heavy atom. The van der Waals surface area contributed by atoms with Crippen LogP contribution in [-0.2, 0) is 13.6 Å². The van der Waals surface area contributed by atoms with Crippen LogP contribution < -0.4 is 10.2 Å². The zero-order chi connectivity index (χ0) is 18.3. The number of benzene rings is 2. The van der Waals surface area contributed by atoms with Gasteiger partial charge in [0.2, 0.25) is 0 Å². The Bertz CT molecular complexity index is 680. The fraction of sp³-hybridized carbons (Fsp3) is 0.368. The number of hydrogen-bond donors (Lipinski definition) is 1. The van der Waals surface area contributed by atoms with Crippen LogP contribution in [0.4, 0.5) is 11.4 Å². The van der Waals surface area contributed by atoms with Gasteiger partial charge in [-0.2, -0.15) is 0 Å². The molecule has 0 aromatic heterocycles. The van der Waals surface area contributed by atoms with Crippen LogP contribution in [0.3, 0.4) is 0 Å². The molecule has 0 heterocycles. The van der Waals surface area contributed by atoms with E-state index in [4.69, 9.17) is 9.05 Å². The van der Waals surface area contributed by atoms with Crippen molar-refractivity contribution in [2.45, 2.75) is 19.6 Å². The van der Waals surface area contributed by atoms with Gasteiger partial charge in [-0.25, -0.2) is 0 Å². The van der Waals surface area contributed by atoms with Gasteiger partial charge in [-0.05, 0) is 43.7 Å². The highest BCUT2D eigenvalue weighted by atomic mass is 31.2. The second-order valence-corrected chi connectivity index (χ2v) is 7.89. The minimum atomic E-state index is -3.38. The number of rotatable bonds is 9. The highest BCUT2D eigenvalue weighted by Gasteiger charge is 2.37. The van der Waals surface area contributed by atoms with Crippen LogP contribution in [0.5, 0.6) is 0 Å². The molecule has 0 aliphatic carbocycles. The number of nitrogens with zero attached hydrogens (tertiary/aromatic N) is 1. The first kappa shape index (κ1) is 19.5. The summed E-state index contributed by atoms with van der Waals surface area (Å²) in [4.78, 5) is 2.02. The molecule has 2 aromatic rings. The standard InChI is InChI=1S/C19H27N2O3P/c1-5-23-25(22,24-6-2)19(20-17-10-8-7-9-11-17)16-12-14-18(15-13-16)21(3)4/h7-15,19-20H,5-6H2,1-4H3. The largest absolute Gasteiger partial charge is 0.378 e. The Kier molecular flexibility index (Phi) is 7.06. The minimum absolute atomic E-state index is 0.319. The highest BCUT2D eigenvalue weighted by Crippen LogP contribution is 2.60. The van der Waals surface area contributed by atoms with Gasteiger partial charge in [0, 0.05) is 25.5 Å². The van der Waals surface area contributed by atoms with Crippen LogP contribution in [0.1, 0.15) is 25.2 Å². The van der Waals surface area contributed by atoms with Gasteiger partial charge in [-0.3, -0.25) is 4.57 Å². The number of para-hydroxylation sites is 1. The summed E-state index contributed by atoms with van der Waals surface area (Å²) in [5.41, 5.74) is 2.80. The second-order valence-electron chi connectivity index (χ2n) is 5.77. The van der Waals surface area contributed by atoms with E-state index in [-0.39, 0.29) is 0 Å². The Morgan fingerprint density at radius 3 is 2.00 bits per heavy atom. The summed E-state index contributed by atoms with van der Waals surface area (Å²) in [5.74, 6) is -0.578. The molecule has 1 atom stereocenters. The van der Waals surface area contributed by atoms with Crippen molar-refractivity contribution in [2.75, 3.05) is 37.5 Å². The third-order valence-electron chi connectivity index (χ3n) is 3.74. The van der Waals surface area contributed by atoms with Crippen molar-refractivity contribution in [3.05, 3.63) is 60.2 Å². The predicted molar refractivity (Wildman–Crippen MR) is 104 cm³/mol. The van der Waals surface area contributed by atoms with E-state index in [9.17, 15) is 4.57 Å². The Morgan fingerprint density at radius 2 is 1.52 bits per heavy atom. The molecular weight excluding hydrogens is 335 g/mol. The lowest BCUT2D eigenvalue weighted by atomic mass is 10.2. The molecule has 0 radical (unpaired) electrons. The van der Waals surface area contributed by atoms with Gasteiger partial charge in [-0.15, -0.1) is 0 Å². The third-order valence-corrected chi connectivity index (χ3v) is 6.03. The van der Waals surface area contributed by atoms with Gasteiger partial charge in [0.1, 0.15) is 0 Å². The molecule has 0 aliphatic heterocycles. The summed E-state index contributed by atoms with van der Waals surface area (Å²) in [6, 6.07) is 17.6. The summed E-state index contributed by atoms with van der Waals surface area (Å²) in [7, 11) is 0.592. The molecule has 2 aromatic carbocycles. The van der Waals surface area contributed by atoms with E-state index in [1.54, 1.807) is 0 Å². The lowest BCUT2D eigenvalue weighted by Gasteiger charge is -2.28. The topological polar surface area (TPSA) is 50.8 Å². The van der Waals surface area contributed by atoms with Crippen molar-refractivity contribution >= 4 is 19.0 Å². The van der Waals surface area contributed by atoms with Gasteiger partial charge < -0.3 is 19.3 Å². The van der Waals surface area contributed by atoms with Crippen LogP contribution in [0.15, 0.2) is 54.6 Å². The summed E-state index contributed by atoms with van der Waals surface area (Å²) in [6.07, 6.45) is 0. The molecule has 6 heteroatoms. The number of hydrogen-bond acceptors (Lipinski definition) is 5. The molecular formula is C19H27N2O3P. The maximum absolute atomic E-state index is 13.4. The van der Waals surface area contributed by atoms with E-state index in [0.717, 1.165) is 16.9 Å². The normalized spacial score (nSPS) is 12.6. The molecule has 0 aliphatic rings. The van der Waals surface area contributed by atoms with Crippen molar-refractivity contribution in [3.8, 4) is 0 Å². The van der Waals surface area contributed by atoms with Crippen molar-refractivity contribution in [3.63, 3.8) is 0 Å². The second kappa shape index (κ2) is 9.04. The van der Waals surface area contributed by atoms with Crippen LogP contribution in [0, 0.1) is 0 Å². The van der Waals surface area contributed by atoms with Crippen molar-refractivity contribution in [1.82, 2.24) is 0 Å². The van der Waals surface area contributed by atoms with Crippen molar-refractivity contribution < 1.29 is 13.6 Å². The van der Waals surface area contributed by atoms with E-state index in [2.05, 4.69) is 5.32 Å². The number of anilines is 2. The summed E-state index contributed by atoms with van der Waals surface area (Å²) in [6.45, 7) is 4.28. The maximum atomic E-state index is 13.4. The van der Waals surface area contributed by atoms with Gasteiger partial charge >= 0.3 is 7.60 Å². The van der Waals surface area contributed by atoms with E-state index < -0.39 is 13.4 Å². The maximum Gasteiger partial charge on any atom is 0.357 e. The summed E-state index contributed by atoms with van der Waals surface area (Å²) < 4.78 is 24.6. The van der Waals surface area contributed by atoms with Gasteiger partial charge in [0.05, 0.1) is 13.2 Å². The Balaban J connectivity index is 2.41. The molecule has 136 valence electrons. The quantitative estimate of drug-likeness (QED) is 0.627. The number of nitrogens with one attached hydrogen (secondary N) is 1. The summed E-state index contributed by atoms with van der Waals surface area (Å²) in [5, 5.41) is 3.33.